The van der Waals surface area contributed by atoms with Gasteiger partial charge in [0.15, 0.2) is 17.5 Å². The van der Waals surface area contributed by atoms with Gasteiger partial charge in [-0.15, -0.1) is 0 Å². The van der Waals surface area contributed by atoms with E-state index in [2.05, 4.69) is 50.9 Å². The highest BCUT2D eigenvalue weighted by atomic mass is 32.2. The van der Waals surface area contributed by atoms with Crippen LogP contribution < -0.4 is 14.8 Å². The third-order valence-electron chi connectivity index (χ3n) is 5.84. The summed E-state index contributed by atoms with van der Waals surface area (Å²) in [6.07, 6.45) is 1.19. The second-order valence-electron chi connectivity index (χ2n) is 7.55. The van der Waals surface area contributed by atoms with Gasteiger partial charge in [0.2, 0.25) is 0 Å². The van der Waals surface area contributed by atoms with Gasteiger partial charge >= 0.3 is 0 Å². The lowest BCUT2D eigenvalue weighted by molar-refractivity contribution is 0.0168. The molecule has 3 rings (SSSR count). The number of guanidine groups is 1. The highest BCUT2D eigenvalue weighted by Crippen LogP contribution is 2.32. The van der Waals surface area contributed by atoms with Crippen molar-refractivity contribution in [2.24, 2.45) is 4.99 Å². The van der Waals surface area contributed by atoms with Crippen molar-refractivity contribution in [2.75, 3.05) is 73.0 Å². The Labute approximate surface area is 185 Å². The quantitative estimate of drug-likeness (QED) is 0.520. The van der Waals surface area contributed by atoms with Gasteiger partial charge in [-0.1, -0.05) is 13.0 Å². The molecular formula is C22H36N4O3S. The van der Waals surface area contributed by atoms with E-state index >= 15 is 0 Å². The third kappa shape index (κ3) is 5.74. The number of morpholine rings is 1. The van der Waals surface area contributed by atoms with Crippen molar-refractivity contribution in [3.05, 3.63) is 23.8 Å². The van der Waals surface area contributed by atoms with Gasteiger partial charge < -0.3 is 24.4 Å². The van der Waals surface area contributed by atoms with Crippen molar-refractivity contribution in [1.29, 1.82) is 0 Å². The molecule has 0 aromatic heterocycles. The summed E-state index contributed by atoms with van der Waals surface area (Å²) in [6.45, 7) is 8.50. The number of hydrogen-bond donors (Lipinski definition) is 1. The number of nitrogens with zero attached hydrogens (tertiary/aromatic N) is 3. The zero-order valence-electron chi connectivity index (χ0n) is 18.7. The van der Waals surface area contributed by atoms with Crippen LogP contribution in [-0.2, 0) is 4.74 Å². The van der Waals surface area contributed by atoms with E-state index in [1.807, 2.05) is 13.1 Å². The Hall–Kier alpha value is -1.64. The minimum Gasteiger partial charge on any atom is -0.493 e. The molecule has 8 heteroatoms. The van der Waals surface area contributed by atoms with E-state index in [0.717, 1.165) is 69.1 Å². The summed E-state index contributed by atoms with van der Waals surface area (Å²) in [5.41, 5.74) is 1.21. The topological polar surface area (TPSA) is 58.6 Å². The zero-order chi connectivity index (χ0) is 21.3. The van der Waals surface area contributed by atoms with Crippen LogP contribution in [0.4, 0.5) is 0 Å². The van der Waals surface area contributed by atoms with Gasteiger partial charge in [-0.3, -0.25) is 9.89 Å². The molecule has 2 fully saturated rings. The van der Waals surface area contributed by atoms with Crippen molar-refractivity contribution in [1.82, 2.24) is 15.1 Å². The van der Waals surface area contributed by atoms with Crippen LogP contribution in [0.15, 0.2) is 23.2 Å². The maximum Gasteiger partial charge on any atom is 0.193 e. The number of methoxy groups -OCH3 is 2. The summed E-state index contributed by atoms with van der Waals surface area (Å²) >= 11 is 2.07. The molecule has 30 heavy (non-hydrogen) atoms. The van der Waals surface area contributed by atoms with E-state index in [9.17, 15) is 0 Å². The number of thioether (sulfide) groups is 1. The summed E-state index contributed by atoms with van der Waals surface area (Å²) in [6, 6.07) is 6.42. The molecule has 2 atom stereocenters. The molecule has 2 heterocycles. The number of benzene rings is 1. The fraction of sp³-hybridized carbons (Fsp3) is 0.682. The molecule has 2 unspecified atom stereocenters. The van der Waals surface area contributed by atoms with Crippen LogP contribution in [0.25, 0.3) is 0 Å². The van der Waals surface area contributed by atoms with Crippen molar-refractivity contribution >= 4 is 17.7 Å². The fourth-order valence-corrected chi connectivity index (χ4v) is 5.27. The fourth-order valence-electron chi connectivity index (χ4n) is 4.09. The molecule has 2 aliphatic heterocycles. The third-order valence-corrected chi connectivity index (χ3v) is 7.21. The van der Waals surface area contributed by atoms with Crippen LogP contribution in [0.1, 0.15) is 24.9 Å². The first-order valence-electron chi connectivity index (χ1n) is 10.8. The lowest BCUT2D eigenvalue weighted by Crippen LogP contribution is -2.50. The van der Waals surface area contributed by atoms with E-state index in [1.165, 1.54) is 12.0 Å². The molecule has 1 N–H and O–H groups in total. The van der Waals surface area contributed by atoms with Crippen LogP contribution in [0, 0.1) is 0 Å². The molecule has 7 nitrogen and oxygen atoms in total. The predicted octanol–water partition coefficient (Wildman–Crippen LogP) is 2.48. The Balaban J connectivity index is 1.76. The van der Waals surface area contributed by atoms with Crippen molar-refractivity contribution in [3.63, 3.8) is 0 Å². The Bertz CT molecular complexity index is 697. The van der Waals surface area contributed by atoms with Gasteiger partial charge in [0.25, 0.3) is 0 Å². The molecule has 0 radical (unpaired) electrons. The molecule has 168 valence electrons. The monoisotopic (exact) mass is 436 g/mol. The normalized spacial score (nSPS) is 21.9. The maximum atomic E-state index is 5.59. The molecule has 2 aliphatic rings. The molecule has 2 saturated heterocycles. The Morgan fingerprint density at radius 2 is 2.00 bits per heavy atom. The zero-order valence-corrected chi connectivity index (χ0v) is 19.5. The number of hydrogen-bond acceptors (Lipinski definition) is 6. The number of rotatable bonds is 7. The van der Waals surface area contributed by atoms with Gasteiger partial charge in [-0.2, -0.15) is 11.8 Å². The van der Waals surface area contributed by atoms with E-state index in [1.54, 1.807) is 14.2 Å². The Kier molecular flexibility index (Phi) is 8.96. The van der Waals surface area contributed by atoms with Crippen molar-refractivity contribution < 1.29 is 14.2 Å². The lowest BCUT2D eigenvalue weighted by Gasteiger charge is -2.37. The molecular weight excluding hydrogens is 400 g/mol. The summed E-state index contributed by atoms with van der Waals surface area (Å²) in [7, 11) is 5.23. The SMILES string of the molecule is CCC1CN(C(=NC)NCC(c2ccc(OC)c(OC)c2)N2CCOCC2)CCS1. The smallest absolute Gasteiger partial charge is 0.193 e. The Morgan fingerprint density at radius 1 is 1.23 bits per heavy atom. The summed E-state index contributed by atoms with van der Waals surface area (Å²) < 4.78 is 16.6. The van der Waals surface area contributed by atoms with Crippen LogP contribution in [0.5, 0.6) is 11.5 Å². The first-order chi connectivity index (χ1) is 14.7. The van der Waals surface area contributed by atoms with E-state index in [-0.39, 0.29) is 6.04 Å². The highest BCUT2D eigenvalue weighted by Gasteiger charge is 2.26. The van der Waals surface area contributed by atoms with Gasteiger partial charge in [-0.25, -0.2) is 0 Å². The van der Waals surface area contributed by atoms with E-state index < -0.39 is 0 Å². The Morgan fingerprint density at radius 3 is 2.67 bits per heavy atom. The maximum absolute atomic E-state index is 5.59. The summed E-state index contributed by atoms with van der Waals surface area (Å²) in [5, 5.41) is 4.34. The van der Waals surface area contributed by atoms with Gasteiger partial charge in [0.05, 0.1) is 33.5 Å². The molecule has 1 aromatic rings. The molecule has 0 saturated carbocycles. The minimum absolute atomic E-state index is 0.201. The predicted molar refractivity (Wildman–Crippen MR) is 124 cm³/mol. The average molecular weight is 437 g/mol. The van der Waals surface area contributed by atoms with Crippen LogP contribution in [0.3, 0.4) is 0 Å². The number of ether oxygens (including phenoxy) is 3. The second-order valence-corrected chi connectivity index (χ2v) is 8.96. The highest BCUT2D eigenvalue weighted by molar-refractivity contribution is 8.00. The molecule has 1 aromatic carbocycles. The van der Waals surface area contributed by atoms with Gasteiger partial charge in [0, 0.05) is 50.8 Å². The number of nitrogens with one attached hydrogen (secondary N) is 1. The van der Waals surface area contributed by atoms with Gasteiger partial charge in [-0.05, 0) is 24.1 Å². The molecule has 0 aliphatic carbocycles. The van der Waals surface area contributed by atoms with E-state index in [0.29, 0.717) is 5.25 Å². The minimum atomic E-state index is 0.201. The van der Waals surface area contributed by atoms with E-state index in [4.69, 9.17) is 14.2 Å². The van der Waals surface area contributed by atoms with Gasteiger partial charge in [0.1, 0.15) is 0 Å². The largest absolute Gasteiger partial charge is 0.493 e. The molecule has 0 amide bonds. The number of aliphatic imine (C=N–C) groups is 1. The van der Waals surface area contributed by atoms with Crippen LogP contribution >= 0.6 is 11.8 Å². The van der Waals surface area contributed by atoms with Crippen molar-refractivity contribution in [3.8, 4) is 11.5 Å². The summed E-state index contributed by atoms with van der Waals surface area (Å²) in [4.78, 5) is 9.46. The molecule has 0 bridgehead atoms. The second kappa shape index (κ2) is 11.7. The average Bonchev–Trinajstić information content (AvgIpc) is 2.82. The molecule has 0 spiro atoms. The van der Waals surface area contributed by atoms with Crippen LogP contribution in [-0.4, -0.2) is 94.0 Å². The lowest BCUT2D eigenvalue weighted by atomic mass is 10.0. The standard InChI is InChI=1S/C22H36N4O3S/c1-5-18-16-26(10-13-30-18)22(23-2)24-15-19(25-8-11-29-12-9-25)17-6-7-20(27-3)21(14-17)28-4/h6-7,14,18-19H,5,8-13,15-16H2,1-4H3,(H,23,24). The summed E-state index contributed by atoms with van der Waals surface area (Å²) in [5.74, 6) is 3.66. The first kappa shape index (κ1) is 23.0. The first-order valence-corrected chi connectivity index (χ1v) is 11.9. The van der Waals surface area contributed by atoms with Crippen LogP contribution in [0.2, 0.25) is 0 Å². The van der Waals surface area contributed by atoms with Crippen molar-refractivity contribution in [2.45, 2.75) is 24.6 Å².